The summed E-state index contributed by atoms with van der Waals surface area (Å²) >= 11 is 0. The van der Waals surface area contributed by atoms with Crippen LogP contribution in [0.2, 0.25) is 0 Å². The van der Waals surface area contributed by atoms with E-state index in [1.165, 1.54) is 30.7 Å². The van der Waals surface area contributed by atoms with E-state index in [4.69, 9.17) is 9.47 Å². The van der Waals surface area contributed by atoms with Crippen LogP contribution >= 0.6 is 0 Å². The number of hydrogen-bond donors (Lipinski definition) is 1. The lowest BCUT2D eigenvalue weighted by molar-refractivity contribution is -0.142. The molecule has 1 aliphatic rings. The molecule has 0 radical (unpaired) electrons. The molecule has 158 valence electrons. The highest BCUT2D eigenvalue weighted by Gasteiger charge is 2.30. The summed E-state index contributed by atoms with van der Waals surface area (Å²) in [6.45, 7) is 9.49. The number of ether oxygens (including phenoxy) is 2. The van der Waals surface area contributed by atoms with Gasteiger partial charge in [-0.2, -0.15) is 0 Å². The molecule has 1 N–H and O–H groups in total. The van der Waals surface area contributed by atoms with E-state index < -0.39 is 0 Å². The fraction of sp³-hybridized carbons (Fsp3) is 0.560. The highest BCUT2D eigenvalue weighted by molar-refractivity contribution is 5.84. The van der Waals surface area contributed by atoms with Gasteiger partial charge >= 0.3 is 5.97 Å². The minimum absolute atomic E-state index is 0.246. The molecule has 1 atom stereocenters. The van der Waals surface area contributed by atoms with Crippen LogP contribution in [0.1, 0.15) is 58.9 Å². The van der Waals surface area contributed by atoms with Crippen LogP contribution in [0.5, 0.6) is 5.75 Å². The number of fused-ring (bicyclic) bond motifs is 1. The molecule has 0 saturated heterocycles. The largest absolute Gasteiger partial charge is 0.490 e. The maximum atomic E-state index is 11.5. The smallest absolute Gasteiger partial charge is 0.322 e. The van der Waals surface area contributed by atoms with Gasteiger partial charge in [-0.15, -0.1) is 0 Å². The van der Waals surface area contributed by atoms with Crippen molar-refractivity contribution in [1.82, 2.24) is 5.32 Å². The molecule has 1 saturated carbocycles. The second-order valence-corrected chi connectivity index (χ2v) is 9.43. The molecular formula is C25H35NO3. The maximum Gasteiger partial charge on any atom is 0.322 e. The maximum absolute atomic E-state index is 11.5. The van der Waals surface area contributed by atoms with Gasteiger partial charge in [-0.25, -0.2) is 0 Å². The molecule has 0 aromatic heterocycles. The molecule has 0 bridgehead atoms. The molecule has 2 aromatic rings. The van der Waals surface area contributed by atoms with Crippen LogP contribution in [0, 0.1) is 11.3 Å². The van der Waals surface area contributed by atoms with Crippen molar-refractivity contribution in [1.29, 1.82) is 0 Å². The summed E-state index contributed by atoms with van der Waals surface area (Å²) in [7, 11) is 1.41. The first-order valence-corrected chi connectivity index (χ1v) is 10.8. The van der Waals surface area contributed by atoms with Crippen molar-refractivity contribution in [3.8, 4) is 5.75 Å². The summed E-state index contributed by atoms with van der Waals surface area (Å²) in [4.78, 5) is 11.5. The summed E-state index contributed by atoms with van der Waals surface area (Å²) in [5, 5.41) is 5.55. The second kappa shape index (κ2) is 9.17. The third kappa shape index (κ3) is 5.72. The molecule has 4 heteroatoms. The van der Waals surface area contributed by atoms with Gasteiger partial charge in [-0.1, -0.05) is 39.0 Å². The van der Waals surface area contributed by atoms with Crippen molar-refractivity contribution in [2.24, 2.45) is 11.3 Å². The zero-order valence-electron chi connectivity index (χ0n) is 18.5. The fourth-order valence-electron chi connectivity index (χ4n) is 4.23. The van der Waals surface area contributed by atoms with E-state index in [2.05, 4.69) is 62.5 Å². The lowest BCUT2D eigenvalue weighted by atomic mass is 9.72. The Labute approximate surface area is 175 Å². The van der Waals surface area contributed by atoms with Crippen LogP contribution in [0.15, 0.2) is 36.4 Å². The number of methoxy groups -OCH3 is 1. The van der Waals surface area contributed by atoms with Gasteiger partial charge in [-0.3, -0.25) is 4.79 Å². The zero-order chi connectivity index (χ0) is 21.0. The minimum atomic E-state index is -0.320. The first-order chi connectivity index (χ1) is 13.8. The third-order valence-corrected chi connectivity index (χ3v) is 6.24. The lowest BCUT2D eigenvalue weighted by Gasteiger charge is -2.37. The van der Waals surface area contributed by atoms with Crippen molar-refractivity contribution in [2.45, 2.75) is 72.1 Å². The minimum Gasteiger partial charge on any atom is -0.490 e. The molecule has 2 aromatic carbocycles. The van der Waals surface area contributed by atoms with E-state index in [1.54, 1.807) is 0 Å². The van der Waals surface area contributed by atoms with Crippen LogP contribution in [0.25, 0.3) is 10.8 Å². The van der Waals surface area contributed by atoms with Crippen molar-refractivity contribution >= 4 is 16.7 Å². The zero-order valence-corrected chi connectivity index (χ0v) is 18.5. The van der Waals surface area contributed by atoms with Gasteiger partial charge in [0.25, 0.3) is 0 Å². The Balaban J connectivity index is 1.59. The molecule has 1 fully saturated rings. The van der Waals surface area contributed by atoms with E-state index in [0.29, 0.717) is 18.1 Å². The van der Waals surface area contributed by atoms with Gasteiger partial charge < -0.3 is 14.8 Å². The average molecular weight is 398 g/mol. The molecule has 4 nitrogen and oxygen atoms in total. The molecule has 29 heavy (non-hydrogen) atoms. The van der Waals surface area contributed by atoms with E-state index in [0.717, 1.165) is 30.1 Å². The third-order valence-electron chi connectivity index (χ3n) is 6.24. The Morgan fingerprint density at radius 1 is 1.07 bits per heavy atom. The summed E-state index contributed by atoms with van der Waals surface area (Å²) in [6.07, 6.45) is 5.12. The van der Waals surface area contributed by atoms with Crippen LogP contribution < -0.4 is 10.1 Å². The Hall–Kier alpha value is -2.07. The summed E-state index contributed by atoms with van der Waals surface area (Å²) in [5.41, 5.74) is 1.54. The monoisotopic (exact) mass is 397 g/mol. The predicted octanol–water partition coefficient (Wildman–Crippen LogP) is 5.47. The first-order valence-electron chi connectivity index (χ1n) is 10.8. The van der Waals surface area contributed by atoms with Gasteiger partial charge in [0.2, 0.25) is 0 Å². The molecular weight excluding hydrogens is 362 g/mol. The van der Waals surface area contributed by atoms with Crippen LogP contribution in [0.4, 0.5) is 0 Å². The first kappa shape index (κ1) is 21.6. The molecule has 0 heterocycles. The number of carbonyl (C=O) groups is 1. The number of hydrogen-bond acceptors (Lipinski definition) is 4. The summed E-state index contributed by atoms with van der Waals surface area (Å²) in [6, 6.07) is 12.4. The summed E-state index contributed by atoms with van der Waals surface area (Å²) < 4.78 is 11.1. The van der Waals surface area contributed by atoms with E-state index in [1.807, 2.05) is 6.92 Å². The quantitative estimate of drug-likeness (QED) is 0.656. The second-order valence-electron chi connectivity index (χ2n) is 9.43. The Morgan fingerprint density at radius 3 is 2.38 bits per heavy atom. The molecule has 1 unspecified atom stereocenters. The number of carbonyl (C=O) groups excluding carboxylic acids is 1. The highest BCUT2D eigenvalue weighted by atomic mass is 16.5. The van der Waals surface area contributed by atoms with Crippen molar-refractivity contribution < 1.29 is 14.3 Å². The number of rotatable bonds is 6. The lowest BCUT2D eigenvalue weighted by Crippen LogP contribution is -2.34. The van der Waals surface area contributed by atoms with E-state index in [9.17, 15) is 4.79 Å². The average Bonchev–Trinajstić information content (AvgIpc) is 2.71. The van der Waals surface area contributed by atoms with Gasteiger partial charge in [-0.05, 0) is 78.5 Å². The number of benzene rings is 2. The Kier molecular flexibility index (Phi) is 6.84. The fourth-order valence-corrected chi connectivity index (χ4v) is 4.23. The van der Waals surface area contributed by atoms with Gasteiger partial charge in [0, 0.05) is 6.54 Å². The molecule has 0 spiro atoms. The predicted molar refractivity (Wildman–Crippen MR) is 118 cm³/mol. The van der Waals surface area contributed by atoms with Gasteiger partial charge in [0.05, 0.1) is 13.2 Å². The SMILES string of the molecule is COC(=O)C(C)NCc1ccc2cc(OC3CCC(C(C)(C)C)CC3)ccc2c1. The summed E-state index contributed by atoms with van der Waals surface area (Å²) in [5.74, 6) is 1.51. The standard InChI is InChI=1S/C25H35NO3/c1-17(24(27)28-5)26-16-18-6-7-20-15-23(11-8-19(20)14-18)29-22-12-9-21(10-13-22)25(2,3)4/h6-8,11,14-15,17,21-22,26H,9-10,12-13,16H2,1-5H3. The Bertz CT molecular complexity index is 832. The molecule has 0 aliphatic heterocycles. The van der Waals surface area contributed by atoms with Gasteiger partial charge in [0.15, 0.2) is 0 Å². The topological polar surface area (TPSA) is 47.6 Å². The number of nitrogens with one attached hydrogen (secondary N) is 1. The molecule has 1 aliphatic carbocycles. The van der Waals surface area contributed by atoms with Crippen molar-refractivity contribution in [3.05, 3.63) is 42.0 Å². The van der Waals surface area contributed by atoms with Crippen LogP contribution in [-0.2, 0) is 16.1 Å². The number of esters is 1. The molecule has 3 rings (SSSR count). The normalized spacial score (nSPS) is 21.0. The van der Waals surface area contributed by atoms with Crippen LogP contribution in [-0.4, -0.2) is 25.2 Å². The Morgan fingerprint density at radius 2 is 1.72 bits per heavy atom. The van der Waals surface area contributed by atoms with E-state index in [-0.39, 0.29) is 12.0 Å². The highest BCUT2D eigenvalue weighted by Crippen LogP contribution is 2.39. The molecule has 0 amide bonds. The van der Waals surface area contributed by atoms with Gasteiger partial charge in [0.1, 0.15) is 11.8 Å². The van der Waals surface area contributed by atoms with Crippen LogP contribution in [0.3, 0.4) is 0 Å². The van der Waals surface area contributed by atoms with Crippen molar-refractivity contribution in [2.75, 3.05) is 7.11 Å². The van der Waals surface area contributed by atoms with Crippen molar-refractivity contribution in [3.63, 3.8) is 0 Å². The van der Waals surface area contributed by atoms with E-state index >= 15 is 0 Å².